The lowest BCUT2D eigenvalue weighted by atomic mass is 9.87. The zero-order valence-electron chi connectivity index (χ0n) is 11.5. The van der Waals surface area contributed by atoms with Gasteiger partial charge >= 0.3 is 0 Å². The van der Waals surface area contributed by atoms with E-state index >= 15 is 0 Å². The van der Waals surface area contributed by atoms with Gasteiger partial charge in [-0.15, -0.1) is 0 Å². The minimum Gasteiger partial charge on any atom is -0.313 e. The highest BCUT2D eigenvalue weighted by Gasteiger charge is 2.20. The first kappa shape index (κ1) is 13.7. The van der Waals surface area contributed by atoms with E-state index in [1.165, 1.54) is 56.8 Å². The van der Waals surface area contributed by atoms with Gasteiger partial charge in [-0.1, -0.05) is 19.8 Å². The standard InChI is InChI=1S/C14H28N2S/c1-12-4-3-5-14(10-12)15-6-7-16-8-9-17-11-13(16)2/h12-15H,3-11H2,1-2H3. The lowest BCUT2D eigenvalue weighted by Crippen LogP contribution is -2.45. The van der Waals surface area contributed by atoms with Crippen LogP contribution in [0, 0.1) is 5.92 Å². The fourth-order valence-electron chi connectivity index (χ4n) is 3.13. The molecule has 2 aliphatic rings. The highest BCUT2D eigenvalue weighted by atomic mass is 32.2. The van der Waals surface area contributed by atoms with Crippen molar-refractivity contribution in [1.29, 1.82) is 0 Å². The summed E-state index contributed by atoms with van der Waals surface area (Å²) in [6.45, 7) is 8.49. The molecule has 0 amide bonds. The van der Waals surface area contributed by atoms with Crippen LogP contribution in [0.1, 0.15) is 39.5 Å². The van der Waals surface area contributed by atoms with Gasteiger partial charge < -0.3 is 5.32 Å². The molecule has 1 aliphatic heterocycles. The normalized spacial score (nSPS) is 36.0. The molecule has 1 heterocycles. The van der Waals surface area contributed by atoms with Gasteiger partial charge in [0.15, 0.2) is 0 Å². The second-order valence-electron chi connectivity index (χ2n) is 5.88. The third kappa shape index (κ3) is 4.46. The summed E-state index contributed by atoms with van der Waals surface area (Å²) in [5.74, 6) is 3.58. The van der Waals surface area contributed by atoms with E-state index in [9.17, 15) is 0 Å². The Balaban J connectivity index is 1.61. The maximum absolute atomic E-state index is 3.77. The average molecular weight is 256 g/mol. The Morgan fingerprint density at radius 1 is 1.29 bits per heavy atom. The molecule has 1 saturated carbocycles. The van der Waals surface area contributed by atoms with E-state index in [1.54, 1.807) is 0 Å². The van der Waals surface area contributed by atoms with Crippen molar-refractivity contribution in [3.8, 4) is 0 Å². The van der Waals surface area contributed by atoms with Crippen molar-refractivity contribution < 1.29 is 0 Å². The van der Waals surface area contributed by atoms with Gasteiger partial charge in [0.2, 0.25) is 0 Å². The predicted octanol–water partition coefficient (Wildman–Crippen LogP) is 2.59. The number of nitrogens with zero attached hydrogens (tertiary/aromatic N) is 1. The van der Waals surface area contributed by atoms with E-state index in [2.05, 4.69) is 35.8 Å². The summed E-state index contributed by atoms with van der Waals surface area (Å²) in [5, 5.41) is 3.77. The first-order valence-corrected chi connectivity index (χ1v) is 8.46. The number of nitrogens with one attached hydrogen (secondary N) is 1. The Hall–Kier alpha value is 0.270. The minimum absolute atomic E-state index is 0.779. The molecule has 0 spiro atoms. The van der Waals surface area contributed by atoms with Gasteiger partial charge in [-0.05, 0) is 25.7 Å². The highest BCUT2D eigenvalue weighted by molar-refractivity contribution is 7.99. The molecule has 1 saturated heterocycles. The third-order valence-electron chi connectivity index (χ3n) is 4.27. The molecule has 1 aliphatic carbocycles. The second kappa shape index (κ2) is 7.01. The first-order chi connectivity index (χ1) is 8.25. The molecule has 0 aromatic carbocycles. The first-order valence-electron chi connectivity index (χ1n) is 7.31. The number of hydrogen-bond donors (Lipinski definition) is 1. The minimum atomic E-state index is 0.779. The lowest BCUT2D eigenvalue weighted by Gasteiger charge is -2.34. The number of thioether (sulfide) groups is 1. The lowest BCUT2D eigenvalue weighted by molar-refractivity contribution is 0.220. The van der Waals surface area contributed by atoms with Crippen LogP contribution in [-0.4, -0.2) is 48.1 Å². The molecular formula is C14H28N2S. The zero-order valence-corrected chi connectivity index (χ0v) is 12.3. The zero-order chi connectivity index (χ0) is 12.1. The summed E-state index contributed by atoms with van der Waals surface area (Å²) in [7, 11) is 0. The Kier molecular flexibility index (Phi) is 5.64. The Morgan fingerprint density at radius 3 is 2.94 bits per heavy atom. The topological polar surface area (TPSA) is 15.3 Å². The van der Waals surface area contributed by atoms with Crippen molar-refractivity contribution in [3.05, 3.63) is 0 Å². The van der Waals surface area contributed by atoms with Crippen molar-refractivity contribution in [2.75, 3.05) is 31.1 Å². The highest BCUT2D eigenvalue weighted by Crippen LogP contribution is 2.23. The van der Waals surface area contributed by atoms with Crippen molar-refractivity contribution in [3.63, 3.8) is 0 Å². The Bertz CT molecular complexity index is 222. The number of rotatable bonds is 4. The van der Waals surface area contributed by atoms with Crippen molar-refractivity contribution >= 4 is 11.8 Å². The van der Waals surface area contributed by atoms with Crippen molar-refractivity contribution in [1.82, 2.24) is 10.2 Å². The van der Waals surface area contributed by atoms with Gasteiger partial charge in [0.1, 0.15) is 0 Å². The molecule has 3 unspecified atom stereocenters. The summed E-state index contributed by atoms with van der Waals surface area (Å²) < 4.78 is 0. The summed E-state index contributed by atoms with van der Waals surface area (Å²) in [6.07, 6.45) is 5.66. The monoisotopic (exact) mass is 256 g/mol. The van der Waals surface area contributed by atoms with Crippen LogP contribution in [0.5, 0.6) is 0 Å². The van der Waals surface area contributed by atoms with E-state index in [0.29, 0.717) is 0 Å². The van der Waals surface area contributed by atoms with Crippen LogP contribution < -0.4 is 5.32 Å². The largest absolute Gasteiger partial charge is 0.313 e. The molecular weight excluding hydrogens is 228 g/mol. The molecule has 100 valence electrons. The smallest absolute Gasteiger partial charge is 0.0158 e. The summed E-state index contributed by atoms with van der Waals surface area (Å²) in [6, 6.07) is 1.58. The molecule has 2 fully saturated rings. The van der Waals surface area contributed by atoms with Crippen LogP contribution in [0.4, 0.5) is 0 Å². The molecule has 2 rings (SSSR count). The van der Waals surface area contributed by atoms with Gasteiger partial charge in [-0.2, -0.15) is 11.8 Å². The molecule has 17 heavy (non-hydrogen) atoms. The Labute approximate surface area is 111 Å². The fourth-order valence-corrected chi connectivity index (χ4v) is 4.21. The second-order valence-corrected chi connectivity index (χ2v) is 7.03. The van der Waals surface area contributed by atoms with Crippen LogP contribution in [0.3, 0.4) is 0 Å². The van der Waals surface area contributed by atoms with Gasteiger partial charge in [0.05, 0.1) is 0 Å². The fraction of sp³-hybridized carbons (Fsp3) is 1.00. The van der Waals surface area contributed by atoms with E-state index < -0.39 is 0 Å². The van der Waals surface area contributed by atoms with Crippen LogP contribution in [0.25, 0.3) is 0 Å². The number of hydrogen-bond acceptors (Lipinski definition) is 3. The predicted molar refractivity (Wildman–Crippen MR) is 77.8 cm³/mol. The van der Waals surface area contributed by atoms with Gasteiger partial charge in [0, 0.05) is 43.2 Å². The molecule has 2 nitrogen and oxygen atoms in total. The van der Waals surface area contributed by atoms with E-state index in [-0.39, 0.29) is 0 Å². The van der Waals surface area contributed by atoms with E-state index in [4.69, 9.17) is 0 Å². The summed E-state index contributed by atoms with van der Waals surface area (Å²) in [5.41, 5.74) is 0. The van der Waals surface area contributed by atoms with Crippen molar-refractivity contribution in [2.45, 2.75) is 51.6 Å². The SMILES string of the molecule is CC1CCCC(NCCN2CCSCC2C)C1. The van der Waals surface area contributed by atoms with Crippen LogP contribution >= 0.6 is 11.8 Å². The van der Waals surface area contributed by atoms with Crippen LogP contribution in [-0.2, 0) is 0 Å². The molecule has 0 aromatic rings. The molecule has 3 heteroatoms. The van der Waals surface area contributed by atoms with Crippen molar-refractivity contribution in [2.24, 2.45) is 5.92 Å². The van der Waals surface area contributed by atoms with Gasteiger partial charge in [-0.25, -0.2) is 0 Å². The van der Waals surface area contributed by atoms with Gasteiger partial charge in [0.25, 0.3) is 0 Å². The third-order valence-corrected chi connectivity index (χ3v) is 5.46. The van der Waals surface area contributed by atoms with Crippen LogP contribution in [0.2, 0.25) is 0 Å². The van der Waals surface area contributed by atoms with E-state index in [0.717, 1.165) is 18.0 Å². The van der Waals surface area contributed by atoms with E-state index in [1.807, 2.05) is 0 Å². The van der Waals surface area contributed by atoms with Crippen LogP contribution in [0.15, 0.2) is 0 Å². The summed E-state index contributed by atoms with van der Waals surface area (Å²) in [4.78, 5) is 2.65. The maximum atomic E-state index is 3.77. The molecule has 0 bridgehead atoms. The molecule has 1 N–H and O–H groups in total. The van der Waals surface area contributed by atoms with Gasteiger partial charge in [-0.3, -0.25) is 4.90 Å². The maximum Gasteiger partial charge on any atom is 0.0158 e. The Morgan fingerprint density at radius 2 is 2.18 bits per heavy atom. The average Bonchev–Trinajstić information content (AvgIpc) is 2.32. The molecule has 3 atom stereocenters. The molecule has 0 aromatic heterocycles. The quantitative estimate of drug-likeness (QED) is 0.832. The molecule has 0 radical (unpaired) electrons. The summed E-state index contributed by atoms with van der Waals surface area (Å²) >= 11 is 2.11.